The van der Waals surface area contributed by atoms with Crippen LogP contribution in [0.2, 0.25) is 0 Å². The van der Waals surface area contributed by atoms with Gasteiger partial charge in [0.1, 0.15) is 20.2 Å². The maximum absolute atomic E-state index is 12.2. The van der Waals surface area contributed by atoms with Crippen LogP contribution in [0.25, 0.3) is 0 Å². The zero-order valence-electron chi connectivity index (χ0n) is 18.2. The second-order valence-electron chi connectivity index (χ2n) is 8.39. The Hall–Kier alpha value is -1.83. The molecule has 0 saturated carbocycles. The van der Waals surface area contributed by atoms with Gasteiger partial charge in [0.25, 0.3) is 0 Å². The Kier molecular flexibility index (Phi) is 7.27. The predicted octanol–water partition coefficient (Wildman–Crippen LogP) is 2.52. The molecule has 2 N–H and O–H groups in total. The van der Waals surface area contributed by atoms with Crippen LogP contribution in [-0.2, 0) is 29.5 Å². The molecule has 2 radical (unpaired) electrons. The highest BCUT2D eigenvalue weighted by molar-refractivity contribution is 7.90. The maximum Gasteiger partial charge on any atom is 0.214 e. The number of likely N-dealkylation sites (N-methyl/N-ethyl adjacent to an activating group) is 1. The lowest BCUT2D eigenvalue weighted by Crippen LogP contribution is -2.33. The summed E-state index contributed by atoms with van der Waals surface area (Å²) in [6.45, 7) is 5.94. The van der Waals surface area contributed by atoms with E-state index in [4.69, 9.17) is 12.6 Å². The average Bonchev–Trinajstić information content (AvgIpc) is 3.09. The quantitative estimate of drug-likeness (QED) is 0.605. The molecule has 1 unspecified atom stereocenters. The summed E-state index contributed by atoms with van der Waals surface area (Å²) in [7, 11) is 4.76. The van der Waals surface area contributed by atoms with Crippen LogP contribution in [0.5, 0.6) is 5.75 Å². The number of benzene rings is 2. The van der Waals surface area contributed by atoms with E-state index in [1.807, 2.05) is 37.4 Å². The van der Waals surface area contributed by atoms with E-state index in [0.717, 1.165) is 30.4 Å². The van der Waals surface area contributed by atoms with Crippen LogP contribution in [0.3, 0.4) is 0 Å². The number of rotatable bonds is 9. The first-order chi connectivity index (χ1) is 14.2. The molecule has 5 nitrogen and oxygen atoms in total. The molecular formula is C23H31BN2O3S. The van der Waals surface area contributed by atoms with Crippen molar-refractivity contribution in [2.45, 2.75) is 64.0 Å². The van der Waals surface area contributed by atoms with Crippen LogP contribution < -0.4 is 20.2 Å². The smallest absolute Gasteiger partial charge is 0.214 e. The van der Waals surface area contributed by atoms with Crippen LogP contribution in [0, 0.1) is 0 Å². The fourth-order valence-corrected chi connectivity index (χ4v) is 4.58. The number of fused-ring (bicyclic) bond motifs is 1. The predicted molar refractivity (Wildman–Crippen MR) is 123 cm³/mol. The van der Waals surface area contributed by atoms with Gasteiger partial charge < -0.3 is 10.1 Å². The zero-order chi connectivity index (χ0) is 21.9. The molecule has 2 atom stereocenters. The lowest BCUT2D eigenvalue weighted by Gasteiger charge is -2.17. The molecular weight excluding hydrogens is 395 g/mol. The lowest BCUT2D eigenvalue weighted by atomic mass is 9.92. The minimum absolute atomic E-state index is 0.149. The first-order valence-corrected chi connectivity index (χ1v) is 12.1. The van der Waals surface area contributed by atoms with Crippen LogP contribution in [0.15, 0.2) is 36.4 Å². The first-order valence-electron chi connectivity index (χ1n) is 10.5. The average molecular weight is 426 g/mol. The van der Waals surface area contributed by atoms with Crippen LogP contribution in [0.4, 0.5) is 0 Å². The summed E-state index contributed by atoms with van der Waals surface area (Å²) >= 11 is 0. The van der Waals surface area contributed by atoms with Gasteiger partial charge in [-0.05, 0) is 75.4 Å². The Balaban J connectivity index is 1.68. The van der Waals surface area contributed by atoms with Gasteiger partial charge in [0, 0.05) is 12.1 Å². The number of sulfonamides is 1. The van der Waals surface area contributed by atoms with Gasteiger partial charge in [-0.25, -0.2) is 13.1 Å². The van der Waals surface area contributed by atoms with E-state index >= 15 is 0 Å². The molecule has 0 bridgehead atoms. The van der Waals surface area contributed by atoms with Crippen molar-refractivity contribution < 1.29 is 13.2 Å². The second-order valence-corrected chi connectivity index (χ2v) is 10.7. The number of hydrogen-bond acceptors (Lipinski definition) is 4. The Bertz CT molecular complexity index is 992. The van der Waals surface area contributed by atoms with Crippen molar-refractivity contribution >= 4 is 23.3 Å². The summed E-state index contributed by atoms with van der Waals surface area (Å²) in [4.78, 5) is 0. The summed E-state index contributed by atoms with van der Waals surface area (Å²) in [5.74, 6) is 0.693. The van der Waals surface area contributed by atoms with Gasteiger partial charge in [-0.3, -0.25) is 0 Å². The number of ether oxygens (including phenoxy) is 1. The summed E-state index contributed by atoms with van der Waals surface area (Å²) < 4.78 is 33.3. The molecule has 1 aliphatic carbocycles. The Morgan fingerprint density at radius 3 is 2.57 bits per heavy atom. The third-order valence-electron chi connectivity index (χ3n) is 5.72. The summed E-state index contributed by atoms with van der Waals surface area (Å²) in [6.07, 6.45) is 2.54. The fourth-order valence-electron chi connectivity index (χ4n) is 3.66. The third-order valence-corrected chi connectivity index (χ3v) is 7.57. The minimum Gasteiger partial charge on any atom is -0.490 e. The number of hydrogen-bond donors (Lipinski definition) is 2. The molecule has 0 spiro atoms. The van der Waals surface area contributed by atoms with Crippen molar-refractivity contribution in [3.63, 3.8) is 0 Å². The van der Waals surface area contributed by atoms with Gasteiger partial charge in [0.15, 0.2) is 0 Å². The molecule has 1 aliphatic rings. The van der Waals surface area contributed by atoms with Crippen LogP contribution in [-0.4, -0.2) is 34.6 Å². The number of nitrogens with one attached hydrogen (secondary N) is 2. The molecule has 0 fully saturated rings. The molecule has 0 heterocycles. The Labute approximate surface area is 182 Å². The molecule has 160 valence electrons. The van der Waals surface area contributed by atoms with E-state index < -0.39 is 15.3 Å². The summed E-state index contributed by atoms with van der Waals surface area (Å²) in [5, 5.41) is 2.80. The molecule has 0 amide bonds. The van der Waals surface area contributed by atoms with Gasteiger partial charge in [0.05, 0.1) is 5.25 Å². The van der Waals surface area contributed by atoms with Crippen molar-refractivity contribution in [2.75, 3.05) is 7.05 Å². The highest BCUT2D eigenvalue weighted by Gasteiger charge is 2.28. The normalized spacial score (nSPS) is 17.2. The summed E-state index contributed by atoms with van der Waals surface area (Å²) in [6, 6.07) is 12.3. The van der Waals surface area contributed by atoms with Gasteiger partial charge in [-0.15, -0.1) is 0 Å². The standard InChI is InChI=1S/C23H31BN2O3S/c1-15(2)30(27,28)26-22-10-7-19-12-18(5-8-20(19)22)14-29-23-13-17(6-9-21(23)24)11-16(3)25-4/h5-6,8-9,12-13,15-16,22,25-26H,7,10-11,14H2,1-4H3/t16-,22?/m0/s1. The highest BCUT2D eigenvalue weighted by atomic mass is 32.2. The monoisotopic (exact) mass is 426 g/mol. The number of aryl methyl sites for hydroxylation is 1. The van der Waals surface area contributed by atoms with E-state index in [9.17, 15) is 8.42 Å². The Morgan fingerprint density at radius 2 is 1.87 bits per heavy atom. The van der Waals surface area contributed by atoms with Crippen molar-refractivity contribution in [1.82, 2.24) is 10.0 Å². The summed E-state index contributed by atoms with van der Waals surface area (Å²) in [5.41, 5.74) is 5.09. The van der Waals surface area contributed by atoms with Gasteiger partial charge in [0.2, 0.25) is 10.0 Å². The van der Waals surface area contributed by atoms with Gasteiger partial charge in [-0.2, -0.15) is 0 Å². The van der Waals surface area contributed by atoms with Gasteiger partial charge in [-0.1, -0.05) is 35.8 Å². The van der Waals surface area contributed by atoms with Crippen molar-refractivity contribution in [2.24, 2.45) is 0 Å². The second kappa shape index (κ2) is 9.54. The molecule has 2 aromatic rings. The molecule has 0 aromatic heterocycles. The Morgan fingerprint density at radius 1 is 1.13 bits per heavy atom. The van der Waals surface area contributed by atoms with E-state index in [1.165, 1.54) is 11.1 Å². The fraction of sp³-hybridized carbons (Fsp3) is 0.478. The molecule has 0 aliphatic heterocycles. The maximum atomic E-state index is 12.2. The zero-order valence-corrected chi connectivity index (χ0v) is 19.1. The SMILES string of the molecule is [B]c1ccc(C[C@H](C)NC)cc1OCc1ccc2c(c1)CCC2NS(=O)(=O)C(C)C. The van der Waals surface area contributed by atoms with Crippen LogP contribution >= 0.6 is 0 Å². The molecule has 30 heavy (non-hydrogen) atoms. The molecule has 7 heteroatoms. The van der Waals surface area contributed by atoms with E-state index in [0.29, 0.717) is 23.9 Å². The van der Waals surface area contributed by atoms with E-state index in [-0.39, 0.29) is 6.04 Å². The molecule has 2 aromatic carbocycles. The highest BCUT2D eigenvalue weighted by Crippen LogP contribution is 2.33. The van der Waals surface area contributed by atoms with E-state index in [1.54, 1.807) is 13.8 Å². The largest absolute Gasteiger partial charge is 0.490 e. The lowest BCUT2D eigenvalue weighted by molar-refractivity contribution is 0.308. The van der Waals surface area contributed by atoms with Crippen LogP contribution in [0.1, 0.15) is 55.5 Å². The van der Waals surface area contributed by atoms with Gasteiger partial charge >= 0.3 is 0 Å². The van der Waals surface area contributed by atoms with Crippen molar-refractivity contribution in [3.05, 3.63) is 58.7 Å². The van der Waals surface area contributed by atoms with Crippen molar-refractivity contribution in [1.29, 1.82) is 0 Å². The third kappa shape index (κ3) is 5.45. The first kappa shape index (κ1) is 22.9. The minimum atomic E-state index is -3.29. The molecule has 0 saturated heterocycles. The van der Waals surface area contributed by atoms with E-state index in [2.05, 4.69) is 23.0 Å². The van der Waals surface area contributed by atoms with Crippen molar-refractivity contribution in [3.8, 4) is 5.75 Å². The topological polar surface area (TPSA) is 67.4 Å². The molecule has 3 rings (SSSR count).